The maximum atomic E-state index is 12.6. The minimum Gasteiger partial charge on any atom is -0.493 e. The van der Waals surface area contributed by atoms with Gasteiger partial charge in [0, 0.05) is 17.0 Å². The number of benzene rings is 1. The van der Waals surface area contributed by atoms with E-state index in [1.54, 1.807) is 19.9 Å². The first kappa shape index (κ1) is 24.0. The molecule has 0 saturated carbocycles. The van der Waals surface area contributed by atoms with Crippen molar-refractivity contribution in [2.75, 3.05) is 45.1 Å². The number of carbonyl (C=O) groups is 3. The van der Waals surface area contributed by atoms with E-state index in [0.29, 0.717) is 27.8 Å². The monoisotopic (exact) mass is 450 g/mol. The summed E-state index contributed by atoms with van der Waals surface area (Å²) < 4.78 is 20.4. The predicted octanol–water partition coefficient (Wildman–Crippen LogP) is 3.40. The van der Waals surface area contributed by atoms with Crippen molar-refractivity contribution in [3.63, 3.8) is 0 Å². The molecule has 1 aromatic heterocycles. The Hall–Kier alpha value is -3.27. The minimum absolute atomic E-state index is 0.169. The van der Waals surface area contributed by atoms with E-state index < -0.39 is 17.8 Å². The number of ether oxygens (including phenoxy) is 4. The van der Waals surface area contributed by atoms with Gasteiger partial charge in [0.05, 0.1) is 51.3 Å². The van der Waals surface area contributed by atoms with Crippen molar-refractivity contribution >= 4 is 39.9 Å². The lowest BCUT2D eigenvalue weighted by atomic mass is 10.1. The lowest BCUT2D eigenvalue weighted by Gasteiger charge is -2.15. The summed E-state index contributed by atoms with van der Waals surface area (Å²) in [5.74, 6) is -0.760. The molecule has 168 valence electrons. The van der Waals surface area contributed by atoms with Crippen molar-refractivity contribution in [1.82, 2.24) is 0 Å². The molecule has 0 bridgehead atoms. The molecule has 2 aromatic rings. The van der Waals surface area contributed by atoms with Crippen LogP contribution >= 0.6 is 11.3 Å². The second kappa shape index (κ2) is 10.7. The van der Waals surface area contributed by atoms with Gasteiger partial charge >= 0.3 is 11.9 Å². The average Bonchev–Trinajstić information content (AvgIpc) is 3.03. The van der Waals surface area contributed by atoms with Gasteiger partial charge in [-0.25, -0.2) is 9.59 Å². The first-order valence-corrected chi connectivity index (χ1v) is 10.2. The van der Waals surface area contributed by atoms with Gasteiger partial charge in [0.25, 0.3) is 0 Å². The summed E-state index contributed by atoms with van der Waals surface area (Å²) in [6.45, 7) is 5.45. The third-order valence-electron chi connectivity index (χ3n) is 4.49. The number of rotatable bonds is 9. The summed E-state index contributed by atoms with van der Waals surface area (Å²) in [4.78, 5) is 37.9. The molecule has 9 nitrogen and oxygen atoms in total. The van der Waals surface area contributed by atoms with Gasteiger partial charge in [0.1, 0.15) is 5.00 Å². The number of methoxy groups -OCH3 is 3. The van der Waals surface area contributed by atoms with Crippen molar-refractivity contribution in [3.8, 4) is 11.5 Å². The molecule has 1 amide bonds. The van der Waals surface area contributed by atoms with E-state index in [4.69, 9.17) is 18.9 Å². The zero-order valence-electron chi connectivity index (χ0n) is 18.3. The van der Waals surface area contributed by atoms with Crippen LogP contribution in [0.1, 0.15) is 38.1 Å². The lowest BCUT2D eigenvalue weighted by Crippen LogP contribution is -2.23. The van der Waals surface area contributed by atoms with Gasteiger partial charge < -0.3 is 29.6 Å². The fourth-order valence-electron chi connectivity index (χ4n) is 2.81. The van der Waals surface area contributed by atoms with Crippen molar-refractivity contribution < 1.29 is 33.3 Å². The molecule has 0 atom stereocenters. The van der Waals surface area contributed by atoms with Crippen LogP contribution in [0.3, 0.4) is 0 Å². The van der Waals surface area contributed by atoms with E-state index >= 15 is 0 Å². The zero-order chi connectivity index (χ0) is 23.1. The van der Waals surface area contributed by atoms with Gasteiger partial charge in [-0.05, 0) is 26.3 Å². The maximum Gasteiger partial charge on any atom is 0.341 e. The van der Waals surface area contributed by atoms with Crippen molar-refractivity contribution in [2.24, 2.45) is 0 Å². The minimum atomic E-state index is -0.599. The van der Waals surface area contributed by atoms with Crippen molar-refractivity contribution in [1.29, 1.82) is 0 Å². The van der Waals surface area contributed by atoms with E-state index in [9.17, 15) is 14.4 Å². The van der Waals surface area contributed by atoms with E-state index in [-0.39, 0.29) is 18.7 Å². The number of nitrogens with one attached hydrogen (secondary N) is 2. The van der Waals surface area contributed by atoms with E-state index in [1.807, 2.05) is 6.92 Å². The molecule has 1 aromatic carbocycles. The number of carbonyl (C=O) groups excluding carboxylic acids is 3. The fraction of sp³-hybridized carbons (Fsp3) is 0.381. The normalized spacial score (nSPS) is 10.3. The average molecular weight is 451 g/mol. The van der Waals surface area contributed by atoms with Crippen LogP contribution in [0.15, 0.2) is 12.1 Å². The molecular weight excluding hydrogens is 424 g/mol. The summed E-state index contributed by atoms with van der Waals surface area (Å²) in [5.41, 5.74) is 1.63. The van der Waals surface area contributed by atoms with Gasteiger partial charge in [-0.3, -0.25) is 4.79 Å². The standard InChI is InChI=1S/C21H26N2O7S/c1-7-30-21(26)18-11(2)12(3)31-19(18)23-17(24)10-22-14-9-16(28-5)15(27-4)8-13(14)20(25)29-6/h8-9,22H,7,10H2,1-6H3,(H,23,24). The third-order valence-corrected chi connectivity index (χ3v) is 5.61. The number of thiophene rings is 1. The predicted molar refractivity (Wildman–Crippen MR) is 118 cm³/mol. The van der Waals surface area contributed by atoms with E-state index in [2.05, 4.69) is 10.6 Å². The number of hydrogen-bond acceptors (Lipinski definition) is 9. The Kier molecular flexibility index (Phi) is 8.26. The van der Waals surface area contributed by atoms with Gasteiger partial charge in [0.15, 0.2) is 11.5 Å². The SMILES string of the molecule is CCOC(=O)c1c(NC(=O)CNc2cc(OC)c(OC)cc2C(=O)OC)sc(C)c1C. The van der Waals surface area contributed by atoms with Crippen molar-refractivity contribution in [3.05, 3.63) is 33.7 Å². The number of hydrogen-bond donors (Lipinski definition) is 2. The molecule has 2 rings (SSSR count). The Labute approximate surface area is 184 Å². The zero-order valence-corrected chi connectivity index (χ0v) is 19.2. The van der Waals surface area contributed by atoms with Gasteiger partial charge in [-0.2, -0.15) is 0 Å². The molecule has 0 radical (unpaired) electrons. The highest BCUT2D eigenvalue weighted by molar-refractivity contribution is 7.16. The van der Waals surface area contributed by atoms with Crippen LogP contribution in [-0.4, -0.2) is 52.3 Å². The number of amides is 1. The molecule has 2 N–H and O–H groups in total. The summed E-state index contributed by atoms with van der Waals surface area (Å²) in [6.07, 6.45) is 0. The quantitative estimate of drug-likeness (QED) is 0.559. The molecule has 0 aliphatic carbocycles. The molecule has 10 heteroatoms. The fourth-order valence-corrected chi connectivity index (χ4v) is 3.88. The van der Waals surface area contributed by atoms with Crippen LogP contribution in [0.5, 0.6) is 11.5 Å². The van der Waals surface area contributed by atoms with Crippen LogP contribution < -0.4 is 20.1 Å². The molecule has 0 spiro atoms. The van der Waals surface area contributed by atoms with Gasteiger partial charge in [0.2, 0.25) is 5.91 Å². The summed E-state index contributed by atoms with van der Waals surface area (Å²) in [6, 6.07) is 3.01. The molecule has 0 fully saturated rings. The molecule has 0 saturated heterocycles. The van der Waals surface area contributed by atoms with Crippen LogP contribution in [0.2, 0.25) is 0 Å². The highest BCUT2D eigenvalue weighted by Gasteiger charge is 2.23. The molecule has 0 unspecified atom stereocenters. The van der Waals surface area contributed by atoms with Gasteiger partial charge in [-0.1, -0.05) is 0 Å². The summed E-state index contributed by atoms with van der Waals surface area (Å²) in [7, 11) is 4.17. The Morgan fingerprint density at radius 1 is 1.00 bits per heavy atom. The van der Waals surface area contributed by atoms with Crippen LogP contribution in [0.25, 0.3) is 0 Å². The molecule has 0 aliphatic heterocycles. The first-order chi connectivity index (χ1) is 14.8. The van der Waals surface area contributed by atoms with Crippen LogP contribution in [-0.2, 0) is 14.3 Å². The topological polar surface area (TPSA) is 112 Å². The molecular formula is C21H26N2O7S. The number of esters is 2. The van der Waals surface area contributed by atoms with E-state index in [1.165, 1.54) is 38.7 Å². The smallest absolute Gasteiger partial charge is 0.341 e. The molecule has 0 aliphatic rings. The largest absolute Gasteiger partial charge is 0.493 e. The molecule has 31 heavy (non-hydrogen) atoms. The number of anilines is 2. The van der Waals surface area contributed by atoms with E-state index in [0.717, 1.165) is 10.4 Å². The lowest BCUT2D eigenvalue weighted by molar-refractivity contribution is -0.114. The first-order valence-electron chi connectivity index (χ1n) is 9.42. The summed E-state index contributed by atoms with van der Waals surface area (Å²) >= 11 is 1.30. The van der Waals surface area contributed by atoms with Crippen LogP contribution in [0, 0.1) is 13.8 Å². The summed E-state index contributed by atoms with van der Waals surface area (Å²) in [5, 5.41) is 6.07. The van der Waals surface area contributed by atoms with Crippen LogP contribution in [0.4, 0.5) is 10.7 Å². The second-order valence-electron chi connectivity index (χ2n) is 6.35. The maximum absolute atomic E-state index is 12.6. The Balaban J connectivity index is 2.23. The Morgan fingerprint density at radius 2 is 1.65 bits per heavy atom. The molecule has 1 heterocycles. The number of aryl methyl sites for hydroxylation is 1. The Morgan fingerprint density at radius 3 is 2.23 bits per heavy atom. The Bertz CT molecular complexity index is 985. The van der Waals surface area contributed by atoms with Gasteiger partial charge in [-0.15, -0.1) is 11.3 Å². The second-order valence-corrected chi connectivity index (χ2v) is 7.58. The third kappa shape index (κ3) is 5.46. The van der Waals surface area contributed by atoms with Crippen molar-refractivity contribution in [2.45, 2.75) is 20.8 Å². The highest BCUT2D eigenvalue weighted by atomic mass is 32.1. The highest BCUT2D eigenvalue weighted by Crippen LogP contribution is 2.34.